The summed E-state index contributed by atoms with van der Waals surface area (Å²) < 4.78 is 26.8. The fraction of sp³-hybridized carbons (Fsp3) is 0.350. The van der Waals surface area contributed by atoms with Crippen molar-refractivity contribution >= 4 is 15.9 Å². The SMILES string of the molecule is CNS(=O)(=O)c1cc(C(=O)NC2CCCc3c(O)cccc32)cc(C)c1C. The number of fused-ring (bicyclic) bond motifs is 1. The first-order valence-electron chi connectivity index (χ1n) is 8.91. The number of phenolic OH excluding ortho intramolecular Hbond substituents is 1. The highest BCUT2D eigenvalue weighted by atomic mass is 32.2. The zero-order valence-electron chi connectivity index (χ0n) is 15.7. The molecule has 0 heterocycles. The summed E-state index contributed by atoms with van der Waals surface area (Å²) in [6.45, 7) is 3.51. The number of aryl methyl sites for hydroxylation is 1. The first kappa shape index (κ1) is 19.4. The first-order chi connectivity index (χ1) is 12.7. The molecular formula is C20H24N2O4S. The van der Waals surface area contributed by atoms with E-state index in [-0.39, 0.29) is 22.6 Å². The third kappa shape index (κ3) is 3.70. The van der Waals surface area contributed by atoms with Gasteiger partial charge >= 0.3 is 0 Å². The molecule has 0 radical (unpaired) electrons. The lowest BCUT2D eigenvalue weighted by molar-refractivity contribution is 0.0932. The number of aromatic hydroxyl groups is 1. The van der Waals surface area contributed by atoms with Gasteiger partial charge in [0.25, 0.3) is 5.91 Å². The summed E-state index contributed by atoms with van der Waals surface area (Å²) in [5.41, 5.74) is 3.44. The van der Waals surface area contributed by atoms with Gasteiger partial charge in [-0.2, -0.15) is 0 Å². The van der Waals surface area contributed by atoms with Crippen LogP contribution < -0.4 is 10.0 Å². The van der Waals surface area contributed by atoms with Crippen LogP contribution in [0.25, 0.3) is 0 Å². The Morgan fingerprint density at radius 1 is 1.22 bits per heavy atom. The Balaban J connectivity index is 1.94. The Hall–Kier alpha value is -2.38. The van der Waals surface area contributed by atoms with Gasteiger partial charge in [0.05, 0.1) is 10.9 Å². The van der Waals surface area contributed by atoms with Crippen LogP contribution in [0.1, 0.15) is 51.5 Å². The van der Waals surface area contributed by atoms with E-state index in [1.54, 1.807) is 32.0 Å². The van der Waals surface area contributed by atoms with Gasteiger partial charge in [-0.25, -0.2) is 13.1 Å². The summed E-state index contributed by atoms with van der Waals surface area (Å²) in [6.07, 6.45) is 2.42. The lowest BCUT2D eigenvalue weighted by atomic mass is 9.87. The van der Waals surface area contributed by atoms with Crippen molar-refractivity contribution in [3.63, 3.8) is 0 Å². The lowest BCUT2D eigenvalue weighted by Gasteiger charge is -2.27. The van der Waals surface area contributed by atoms with Gasteiger partial charge in [0.15, 0.2) is 0 Å². The monoisotopic (exact) mass is 388 g/mol. The molecule has 1 amide bonds. The number of nitrogens with one attached hydrogen (secondary N) is 2. The lowest BCUT2D eigenvalue weighted by Crippen LogP contribution is -2.31. The molecule has 0 aromatic heterocycles. The molecule has 7 heteroatoms. The molecule has 6 nitrogen and oxygen atoms in total. The number of carbonyl (C=O) groups excluding carboxylic acids is 1. The second-order valence-corrected chi connectivity index (χ2v) is 8.74. The second kappa shape index (κ2) is 7.32. The Morgan fingerprint density at radius 3 is 2.67 bits per heavy atom. The van der Waals surface area contributed by atoms with Crippen molar-refractivity contribution in [2.75, 3.05) is 7.05 Å². The van der Waals surface area contributed by atoms with Crippen molar-refractivity contribution < 1.29 is 18.3 Å². The van der Waals surface area contributed by atoms with Gasteiger partial charge in [-0.05, 0) is 80.6 Å². The average Bonchev–Trinajstić information content (AvgIpc) is 2.64. The molecule has 1 aliphatic carbocycles. The highest BCUT2D eigenvalue weighted by Crippen LogP contribution is 2.35. The van der Waals surface area contributed by atoms with Gasteiger partial charge < -0.3 is 10.4 Å². The molecule has 0 fully saturated rings. The summed E-state index contributed by atoms with van der Waals surface area (Å²) in [5.74, 6) is -0.0770. The smallest absolute Gasteiger partial charge is 0.251 e. The quantitative estimate of drug-likeness (QED) is 0.750. The molecule has 0 bridgehead atoms. The molecule has 3 N–H and O–H groups in total. The van der Waals surface area contributed by atoms with E-state index in [1.807, 2.05) is 6.07 Å². The minimum absolute atomic E-state index is 0.108. The summed E-state index contributed by atoms with van der Waals surface area (Å²) in [4.78, 5) is 13.0. The molecule has 27 heavy (non-hydrogen) atoms. The van der Waals surface area contributed by atoms with Gasteiger partial charge in [-0.3, -0.25) is 4.79 Å². The van der Waals surface area contributed by atoms with Crippen molar-refractivity contribution in [1.29, 1.82) is 0 Å². The fourth-order valence-electron chi connectivity index (χ4n) is 3.57. The van der Waals surface area contributed by atoms with Gasteiger partial charge in [0.1, 0.15) is 5.75 Å². The molecule has 2 aromatic rings. The number of hydrogen-bond donors (Lipinski definition) is 3. The van der Waals surface area contributed by atoms with E-state index in [0.29, 0.717) is 11.1 Å². The Bertz CT molecular complexity index is 999. The van der Waals surface area contributed by atoms with Crippen LogP contribution in [0.4, 0.5) is 0 Å². The predicted octanol–water partition coefficient (Wildman–Crippen LogP) is 2.72. The van der Waals surface area contributed by atoms with Crippen LogP contribution in [0.3, 0.4) is 0 Å². The molecule has 144 valence electrons. The molecule has 2 aromatic carbocycles. The van der Waals surface area contributed by atoms with Gasteiger partial charge in [0, 0.05) is 5.56 Å². The van der Waals surface area contributed by atoms with Crippen LogP contribution in [0.5, 0.6) is 5.75 Å². The van der Waals surface area contributed by atoms with Crippen molar-refractivity contribution in [1.82, 2.24) is 10.0 Å². The first-order valence-corrected chi connectivity index (χ1v) is 10.4. The summed E-state index contributed by atoms with van der Waals surface area (Å²) in [5, 5.41) is 13.1. The van der Waals surface area contributed by atoms with Gasteiger partial charge in [-0.15, -0.1) is 0 Å². The van der Waals surface area contributed by atoms with E-state index in [1.165, 1.54) is 13.1 Å². The van der Waals surface area contributed by atoms with E-state index < -0.39 is 10.0 Å². The van der Waals surface area contributed by atoms with E-state index in [0.717, 1.165) is 36.0 Å². The maximum absolute atomic E-state index is 12.8. The predicted molar refractivity (Wildman–Crippen MR) is 103 cm³/mol. The molecule has 1 aliphatic rings. The molecule has 0 spiro atoms. The van der Waals surface area contributed by atoms with Crippen LogP contribution in [0.2, 0.25) is 0 Å². The molecule has 1 atom stereocenters. The minimum atomic E-state index is -3.66. The van der Waals surface area contributed by atoms with Crippen LogP contribution in [0.15, 0.2) is 35.2 Å². The topological polar surface area (TPSA) is 95.5 Å². The molecule has 0 saturated heterocycles. The van der Waals surface area contributed by atoms with Gasteiger partial charge in [0.2, 0.25) is 10.0 Å². The van der Waals surface area contributed by atoms with E-state index in [9.17, 15) is 18.3 Å². The summed E-state index contributed by atoms with van der Waals surface area (Å²) in [6, 6.07) is 8.24. The molecule has 3 rings (SSSR count). The third-order valence-electron chi connectivity index (χ3n) is 5.23. The van der Waals surface area contributed by atoms with Crippen LogP contribution in [-0.4, -0.2) is 26.5 Å². The van der Waals surface area contributed by atoms with Gasteiger partial charge in [-0.1, -0.05) is 12.1 Å². The second-order valence-electron chi connectivity index (χ2n) is 6.89. The summed E-state index contributed by atoms with van der Waals surface area (Å²) >= 11 is 0. The molecule has 0 aliphatic heterocycles. The zero-order valence-corrected chi connectivity index (χ0v) is 16.5. The number of carbonyl (C=O) groups is 1. The Morgan fingerprint density at radius 2 is 1.96 bits per heavy atom. The summed E-state index contributed by atoms with van der Waals surface area (Å²) in [7, 11) is -2.31. The Labute approximate surface area is 159 Å². The van der Waals surface area contributed by atoms with E-state index in [2.05, 4.69) is 10.0 Å². The normalized spacial score (nSPS) is 16.6. The molecule has 1 unspecified atom stereocenters. The van der Waals surface area contributed by atoms with Crippen LogP contribution in [0, 0.1) is 13.8 Å². The largest absolute Gasteiger partial charge is 0.508 e. The van der Waals surface area contributed by atoms with Crippen LogP contribution >= 0.6 is 0 Å². The van der Waals surface area contributed by atoms with Crippen LogP contribution in [-0.2, 0) is 16.4 Å². The van der Waals surface area contributed by atoms with E-state index in [4.69, 9.17) is 0 Å². The highest BCUT2D eigenvalue weighted by Gasteiger charge is 2.25. The number of amides is 1. The van der Waals surface area contributed by atoms with Crippen molar-refractivity contribution in [2.24, 2.45) is 0 Å². The number of rotatable bonds is 4. The third-order valence-corrected chi connectivity index (χ3v) is 6.77. The zero-order chi connectivity index (χ0) is 19.8. The van der Waals surface area contributed by atoms with Crippen molar-refractivity contribution in [3.05, 3.63) is 58.1 Å². The average molecular weight is 388 g/mol. The number of benzene rings is 2. The number of phenols is 1. The molecule has 0 saturated carbocycles. The maximum Gasteiger partial charge on any atom is 0.251 e. The fourth-order valence-corrected chi connectivity index (χ4v) is 4.63. The minimum Gasteiger partial charge on any atom is -0.508 e. The molecular weight excluding hydrogens is 364 g/mol. The number of hydrogen-bond acceptors (Lipinski definition) is 4. The van der Waals surface area contributed by atoms with Crippen molar-refractivity contribution in [2.45, 2.75) is 44.0 Å². The van der Waals surface area contributed by atoms with Crippen molar-refractivity contribution in [3.8, 4) is 5.75 Å². The van der Waals surface area contributed by atoms with E-state index >= 15 is 0 Å². The maximum atomic E-state index is 12.8. The standard InChI is InChI=1S/C20H24N2O4S/c1-12-10-14(11-19(13(12)2)27(25,26)21-3)20(24)22-17-8-4-7-16-15(17)6-5-9-18(16)23/h5-6,9-11,17,21,23H,4,7-8H2,1-3H3,(H,22,24). The Kier molecular flexibility index (Phi) is 5.26. The number of sulfonamides is 1. The highest BCUT2D eigenvalue weighted by molar-refractivity contribution is 7.89.